The van der Waals surface area contributed by atoms with Gasteiger partial charge in [0.1, 0.15) is 0 Å². The Morgan fingerprint density at radius 1 is 1.03 bits per heavy atom. The molecule has 10 nitrogen and oxygen atoms in total. The third-order valence-electron chi connectivity index (χ3n) is 7.75. The van der Waals surface area contributed by atoms with Crippen molar-refractivity contribution in [2.24, 2.45) is 5.92 Å². The van der Waals surface area contributed by atoms with Gasteiger partial charge in [0.05, 0.1) is 25.7 Å². The molecule has 3 aliphatic heterocycles. The molecule has 0 aliphatic carbocycles. The van der Waals surface area contributed by atoms with E-state index in [1.54, 1.807) is 0 Å². The second kappa shape index (κ2) is 13.6. The van der Waals surface area contributed by atoms with E-state index in [9.17, 15) is 14.7 Å². The number of hydrogen-bond acceptors (Lipinski definition) is 8. The van der Waals surface area contributed by atoms with Crippen LogP contribution in [-0.2, 0) is 19.1 Å². The van der Waals surface area contributed by atoms with Gasteiger partial charge in [0, 0.05) is 31.6 Å². The second-order valence-electron chi connectivity index (χ2n) is 10.7. The highest BCUT2D eigenvalue weighted by molar-refractivity contribution is 5.79. The summed E-state index contributed by atoms with van der Waals surface area (Å²) in [7, 11) is 4.07. The van der Waals surface area contributed by atoms with Gasteiger partial charge in [-0.2, -0.15) is 0 Å². The normalized spacial score (nSPS) is 23.4. The quantitative estimate of drug-likeness (QED) is 0.387. The van der Waals surface area contributed by atoms with Crippen LogP contribution in [0.1, 0.15) is 50.5 Å². The summed E-state index contributed by atoms with van der Waals surface area (Å²) in [6.45, 7) is 6.42. The minimum atomic E-state index is -0.852. The van der Waals surface area contributed by atoms with Crippen molar-refractivity contribution in [3.63, 3.8) is 0 Å². The largest absolute Gasteiger partial charge is 0.481 e. The number of fused-ring (bicyclic) bond motifs is 1. The Morgan fingerprint density at radius 2 is 1.76 bits per heavy atom. The predicted octanol–water partition coefficient (Wildman–Crippen LogP) is 2.62. The Kier molecular flexibility index (Phi) is 10.2. The summed E-state index contributed by atoms with van der Waals surface area (Å²) in [5, 5.41) is 10.4. The fourth-order valence-corrected chi connectivity index (χ4v) is 5.78. The molecule has 3 heterocycles. The number of amides is 1. The average Bonchev–Trinajstić information content (AvgIpc) is 3.64. The van der Waals surface area contributed by atoms with Gasteiger partial charge in [0.2, 0.25) is 12.7 Å². The number of nitrogens with zero attached hydrogens (tertiary/aromatic N) is 3. The van der Waals surface area contributed by atoms with Crippen LogP contribution in [0.25, 0.3) is 0 Å². The van der Waals surface area contributed by atoms with Crippen LogP contribution in [0.5, 0.6) is 11.5 Å². The molecule has 0 bridgehead atoms. The van der Waals surface area contributed by atoms with Crippen LogP contribution in [0.4, 0.5) is 0 Å². The molecule has 0 aromatic heterocycles. The van der Waals surface area contributed by atoms with Crippen molar-refractivity contribution in [3.05, 3.63) is 23.8 Å². The SMILES string of the molecule is CCCCN(CCCN(C)C)C(=O)CN1C[C@H](c2ccc3c(c2)OCO3)[C@@H](C(=O)O)[C@@H]1CCC1OCCO1. The lowest BCUT2D eigenvalue weighted by Crippen LogP contribution is -2.45. The Bertz CT molecular complexity index is 937. The molecule has 2 saturated heterocycles. The highest BCUT2D eigenvalue weighted by atomic mass is 16.7. The molecular formula is C28H43N3O7. The molecule has 4 rings (SSSR count). The molecule has 1 aromatic rings. The molecule has 38 heavy (non-hydrogen) atoms. The van der Waals surface area contributed by atoms with Crippen LogP contribution >= 0.6 is 0 Å². The third-order valence-corrected chi connectivity index (χ3v) is 7.75. The lowest BCUT2D eigenvalue weighted by molar-refractivity contribution is -0.144. The number of carbonyl (C=O) groups is 2. The van der Waals surface area contributed by atoms with Gasteiger partial charge in [-0.05, 0) is 64.0 Å². The number of hydrogen-bond donors (Lipinski definition) is 1. The number of aliphatic carboxylic acids is 1. The summed E-state index contributed by atoms with van der Waals surface area (Å²) < 4.78 is 22.3. The van der Waals surface area contributed by atoms with Crippen molar-refractivity contribution in [1.82, 2.24) is 14.7 Å². The van der Waals surface area contributed by atoms with Gasteiger partial charge in [-0.1, -0.05) is 19.4 Å². The summed E-state index contributed by atoms with van der Waals surface area (Å²) in [5.74, 6) is -0.426. The first-order valence-corrected chi connectivity index (χ1v) is 13.9. The Hall–Kier alpha value is -2.40. The van der Waals surface area contributed by atoms with Crippen LogP contribution < -0.4 is 9.47 Å². The van der Waals surface area contributed by atoms with E-state index in [0.29, 0.717) is 50.6 Å². The van der Waals surface area contributed by atoms with Crippen LogP contribution in [0, 0.1) is 5.92 Å². The first-order chi connectivity index (χ1) is 18.4. The number of benzene rings is 1. The van der Waals surface area contributed by atoms with Crippen molar-refractivity contribution < 1.29 is 33.6 Å². The molecule has 2 fully saturated rings. The summed E-state index contributed by atoms with van der Waals surface area (Å²) in [6.07, 6.45) is 3.71. The van der Waals surface area contributed by atoms with Crippen molar-refractivity contribution in [1.29, 1.82) is 0 Å². The third kappa shape index (κ3) is 7.16. The molecule has 3 aliphatic rings. The van der Waals surface area contributed by atoms with Crippen LogP contribution in [0.2, 0.25) is 0 Å². The monoisotopic (exact) mass is 533 g/mol. The standard InChI is InChI=1S/C28H43N3O7/c1-4-5-12-30(13-6-11-29(2)3)25(32)18-31-17-21(20-7-9-23-24(16-20)38-19-37-23)27(28(33)34)22(31)8-10-26-35-14-15-36-26/h7,9,16,21-22,26-27H,4-6,8,10-15,17-19H2,1-3H3,(H,33,34)/t21-,22+,27-/m1/s1. The van der Waals surface area contributed by atoms with Gasteiger partial charge in [-0.25, -0.2) is 0 Å². The maximum Gasteiger partial charge on any atom is 0.308 e. The average molecular weight is 534 g/mol. The van der Waals surface area contributed by atoms with Crippen molar-refractivity contribution in [2.45, 2.75) is 57.3 Å². The predicted molar refractivity (Wildman–Crippen MR) is 141 cm³/mol. The van der Waals surface area contributed by atoms with Crippen molar-refractivity contribution in [2.75, 3.05) is 66.8 Å². The lowest BCUT2D eigenvalue weighted by atomic mass is 9.83. The van der Waals surface area contributed by atoms with E-state index in [1.807, 2.05) is 37.2 Å². The fourth-order valence-electron chi connectivity index (χ4n) is 5.78. The zero-order valence-electron chi connectivity index (χ0n) is 23.0. The van der Waals surface area contributed by atoms with Crippen LogP contribution in [-0.4, -0.2) is 111 Å². The van der Waals surface area contributed by atoms with Crippen molar-refractivity contribution >= 4 is 11.9 Å². The minimum absolute atomic E-state index is 0.0612. The molecule has 0 spiro atoms. The van der Waals surface area contributed by atoms with Crippen LogP contribution in [0.3, 0.4) is 0 Å². The summed E-state index contributed by atoms with van der Waals surface area (Å²) in [6, 6.07) is 5.35. The molecule has 0 saturated carbocycles. The maximum atomic E-state index is 13.6. The molecule has 0 radical (unpaired) electrons. The number of carboxylic acids is 1. The number of ether oxygens (including phenoxy) is 4. The van der Waals surface area contributed by atoms with Gasteiger partial charge in [0.25, 0.3) is 0 Å². The lowest BCUT2D eigenvalue weighted by Gasteiger charge is -2.30. The molecule has 1 amide bonds. The van der Waals surface area contributed by atoms with E-state index in [4.69, 9.17) is 18.9 Å². The zero-order chi connectivity index (χ0) is 27.1. The second-order valence-corrected chi connectivity index (χ2v) is 10.7. The van der Waals surface area contributed by atoms with Gasteiger partial charge in [0.15, 0.2) is 17.8 Å². The van der Waals surface area contributed by atoms with E-state index >= 15 is 0 Å². The van der Waals surface area contributed by atoms with E-state index < -0.39 is 11.9 Å². The van der Waals surface area contributed by atoms with Gasteiger partial charge in [-0.3, -0.25) is 14.5 Å². The Labute approximate surface area is 225 Å². The van der Waals surface area contributed by atoms with E-state index in [2.05, 4.69) is 16.7 Å². The first-order valence-electron chi connectivity index (χ1n) is 13.9. The Morgan fingerprint density at radius 3 is 2.47 bits per heavy atom. The first kappa shape index (κ1) is 28.6. The van der Waals surface area contributed by atoms with Crippen LogP contribution in [0.15, 0.2) is 18.2 Å². The minimum Gasteiger partial charge on any atom is -0.481 e. The van der Waals surface area contributed by atoms with Gasteiger partial charge >= 0.3 is 5.97 Å². The highest BCUT2D eigenvalue weighted by Gasteiger charge is 2.47. The number of carboxylic acid groups (broad SMARTS) is 1. The molecule has 10 heteroatoms. The molecule has 1 N–H and O–H groups in total. The van der Waals surface area contributed by atoms with Gasteiger partial charge in [-0.15, -0.1) is 0 Å². The van der Waals surface area contributed by atoms with Crippen molar-refractivity contribution in [3.8, 4) is 11.5 Å². The number of likely N-dealkylation sites (tertiary alicyclic amines) is 1. The van der Waals surface area contributed by atoms with Gasteiger partial charge < -0.3 is 33.9 Å². The maximum absolute atomic E-state index is 13.6. The Balaban J connectivity index is 1.53. The van der Waals surface area contributed by atoms with E-state index in [-0.39, 0.29) is 37.5 Å². The molecular weight excluding hydrogens is 490 g/mol. The molecule has 0 unspecified atom stereocenters. The summed E-state index contributed by atoms with van der Waals surface area (Å²) >= 11 is 0. The number of unbranched alkanes of at least 4 members (excludes halogenated alkanes) is 1. The number of carbonyl (C=O) groups excluding carboxylic acids is 1. The van der Waals surface area contributed by atoms with E-state index in [1.165, 1.54) is 0 Å². The summed E-state index contributed by atoms with van der Waals surface area (Å²) in [4.78, 5) is 32.4. The number of rotatable bonds is 14. The zero-order valence-corrected chi connectivity index (χ0v) is 23.0. The summed E-state index contributed by atoms with van der Waals surface area (Å²) in [5.41, 5.74) is 0.892. The topological polar surface area (TPSA) is 101 Å². The van der Waals surface area contributed by atoms with E-state index in [0.717, 1.165) is 37.9 Å². The molecule has 212 valence electrons. The molecule has 3 atom stereocenters. The molecule has 1 aromatic carbocycles. The highest BCUT2D eigenvalue weighted by Crippen LogP contribution is 2.43. The smallest absolute Gasteiger partial charge is 0.308 e. The fraction of sp³-hybridized carbons (Fsp3) is 0.714.